The molecular weight excluding hydrogens is 270 g/mol. The van der Waals surface area contributed by atoms with Gasteiger partial charge >= 0.3 is 0 Å². The molecule has 1 aromatic carbocycles. The zero-order valence-corrected chi connectivity index (χ0v) is 12.6. The molecule has 3 nitrogen and oxygen atoms in total. The molecule has 110 valence electrons. The first-order valence-corrected chi connectivity index (χ1v) is 9.38. The molecule has 2 N–H and O–H groups in total. The van der Waals surface area contributed by atoms with Gasteiger partial charge in [-0.15, -0.1) is 0 Å². The highest BCUT2D eigenvalue weighted by atomic mass is 32.2. The molecule has 4 unspecified atom stereocenters. The average molecular weight is 293 g/mol. The second kappa shape index (κ2) is 5.49. The lowest BCUT2D eigenvalue weighted by molar-refractivity contribution is 0.211. The van der Waals surface area contributed by atoms with E-state index in [1.165, 1.54) is 5.56 Å². The summed E-state index contributed by atoms with van der Waals surface area (Å²) < 4.78 is 23.4. The Balaban J connectivity index is 1.74. The Morgan fingerprint density at radius 2 is 1.80 bits per heavy atom. The van der Waals surface area contributed by atoms with Crippen molar-refractivity contribution in [2.75, 3.05) is 11.5 Å². The molecule has 2 fully saturated rings. The van der Waals surface area contributed by atoms with Gasteiger partial charge in [0.15, 0.2) is 9.84 Å². The van der Waals surface area contributed by atoms with Crippen molar-refractivity contribution < 1.29 is 8.42 Å². The van der Waals surface area contributed by atoms with Gasteiger partial charge < -0.3 is 5.73 Å². The van der Waals surface area contributed by atoms with Crippen molar-refractivity contribution in [3.63, 3.8) is 0 Å². The van der Waals surface area contributed by atoms with Crippen LogP contribution in [-0.4, -0.2) is 26.0 Å². The summed E-state index contributed by atoms with van der Waals surface area (Å²) in [6.07, 6.45) is 4.00. The van der Waals surface area contributed by atoms with Gasteiger partial charge in [0.1, 0.15) is 0 Å². The Kier molecular flexibility index (Phi) is 3.87. The second-order valence-corrected chi connectivity index (χ2v) is 8.64. The molecule has 4 heteroatoms. The zero-order chi connectivity index (χ0) is 14.2. The van der Waals surface area contributed by atoms with Crippen molar-refractivity contribution in [2.45, 2.75) is 37.6 Å². The van der Waals surface area contributed by atoms with Crippen LogP contribution in [0.5, 0.6) is 0 Å². The van der Waals surface area contributed by atoms with E-state index in [1.54, 1.807) is 0 Å². The summed E-state index contributed by atoms with van der Waals surface area (Å²) in [5.74, 6) is 1.90. The minimum atomic E-state index is -2.81. The van der Waals surface area contributed by atoms with Crippen molar-refractivity contribution in [3.8, 4) is 0 Å². The predicted octanol–water partition coefficient (Wildman–Crippen LogP) is 2.33. The van der Waals surface area contributed by atoms with Gasteiger partial charge in [0, 0.05) is 6.04 Å². The lowest BCUT2D eigenvalue weighted by Crippen LogP contribution is -2.40. The van der Waals surface area contributed by atoms with Gasteiger partial charge in [-0.05, 0) is 49.0 Å². The Morgan fingerprint density at radius 3 is 2.45 bits per heavy atom. The van der Waals surface area contributed by atoms with Crippen LogP contribution in [0.25, 0.3) is 0 Å². The van der Waals surface area contributed by atoms with Gasteiger partial charge in [0.25, 0.3) is 0 Å². The number of hydrogen-bond acceptors (Lipinski definition) is 3. The maximum Gasteiger partial charge on any atom is 0.150 e. The maximum atomic E-state index is 11.7. The van der Waals surface area contributed by atoms with Gasteiger partial charge in [-0.3, -0.25) is 0 Å². The van der Waals surface area contributed by atoms with E-state index in [0.717, 1.165) is 25.7 Å². The summed E-state index contributed by atoms with van der Waals surface area (Å²) >= 11 is 0. The van der Waals surface area contributed by atoms with Gasteiger partial charge in [-0.2, -0.15) is 0 Å². The van der Waals surface area contributed by atoms with Crippen molar-refractivity contribution in [2.24, 2.45) is 17.6 Å². The highest BCUT2D eigenvalue weighted by molar-refractivity contribution is 7.91. The third-order valence-electron chi connectivity index (χ3n) is 5.10. The van der Waals surface area contributed by atoms with Crippen LogP contribution in [-0.2, 0) is 9.84 Å². The van der Waals surface area contributed by atoms with Crippen LogP contribution in [0.2, 0.25) is 0 Å². The number of nitrogens with two attached hydrogens (primary N) is 1. The molecule has 20 heavy (non-hydrogen) atoms. The lowest BCUT2D eigenvalue weighted by Gasteiger charge is -2.37. The summed E-state index contributed by atoms with van der Waals surface area (Å²) in [7, 11) is -2.81. The van der Waals surface area contributed by atoms with Crippen LogP contribution in [0, 0.1) is 11.8 Å². The number of hydrogen-bond donors (Lipinski definition) is 1. The predicted molar refractivity (Wildman–Crippen MR) is 81.3 cm³/mol. The molecule has 1 saturated heterocycles. The zero-order valence-electron chi connectivity index (χ0n) is 11.7. The number of rotatable bonds is 2. The van der Waals surface area contributed by atoms with Crippen molar-refractivity contribution in [3.05, 3.63) is 35.9 Å². The molecule has 0 spiro atoms. The molecular formula is C16H23NO2S. The first kappa shape index (κ1) is 14.1. The fourth-order valence-corrected chi connectivity index (χ4v) is 5.86. The van der Waals surface area contributed by atoms with Crippen LogP contribution in [0.3, 0.4) is 0 Å². The number of benzene rings is 1. The summed E-state index contributed by atoms with van der Waals surface area (Å²) in [6.45, 7) is 0. The fraction of sp³-hybridized carbons (Fsp3) is 0.625. The molecule has 3 rings (SSSR count). The van der Waals surface area contributed by atoms with E-state index in [2.05, 4.69) is 24.3 Å². The number of sulfone groups is 1. The largest absolute Gasteiger partial charge is 0.327 e. The molecule has 2 aliphatic rings. The molecule has 0 amide bonds. The summed E-state index contributed by atoms with van der Waals surface area (Å²) in [5.41, 5.74) is 7.67. The minimum absolute atomic E-state index is 0.174. The minimum Gasteiger partial charge on any atom is -0.327 e. The molecule has 1 aromatic rings. The Labute approximate surface area is 121 Å². The SMILES string of the molecule is NC1CCC(c2ccccc2)CC1C1CCS(=O)(=O)C1. The van der Waals surface area contributed by atoms with Crippen LogP contribution < -0.4 is 5.73 Å². The second-order valence-electron chi connectivity index (χ2n) is 6.41. The Hall–Kier alpha value is -0.870. The van der Waals surface area contributed by atoms with Gasteiger partial charge in [0.2, 0.25) is 0 Å². The third-order valence-corrected chi connectivity index (χ3v) is 6.89. The van der Waals surface area contributed by atoms with E-state index in [0.29, 0.717) is 23.3 Å². The first-order chi connectivity index (χ1) is 9.55. The monoisotopic (exact) mass is 293 g/mol. The van der Waals surface area contributed by atoms with Crippen LogP contribution in [0.1, 0.15) is 37.2 Å². The Morgan fingerprint density at radius 1 is 1.05 bits per heavy atom. The van der Waals surface area contributed by atoms with Crippen LogP contribution in [0.15, 0.2) is 30.3 Å². The fourth-order valence-electron chi connectivity index (χ4n) is 3.96. The van der Waals surface area contributed by atoms with E-state index in [4.69, 9.17) is 5.73 Å². The molecule has 0 aromatic heterocycles. The van der Waals surface area contributed by atoms with Gasteiger partial charge in [-0.25, -0.2) is 8.42 Å². The molecule has 0 bridgehead atoms. The van der Waals surface area contributed by atoms with E-state index >= 15 is 0 Å². The van der Waals surface area contributed by atoms with Crippen molar-refractivity contribution >= 4 is 9.84 Å². The highest BCUT2D eigenvalue weighted by Crippen LogP contribution is 2.41. The summed E-state index contributed by atoms with van der Waals surface area (Å²) in [6, 6.07) is 10.7. The van der Waals surface area contributed by atoms with E-state index in [-0.39, 0.29) is 12.0 Å². The van der Waals surface area contributed by atoms with Gasteiger partial charge in [-0.1, -0.05) is 30.3 Å². The van der Waals surface area contributed by atoms with E-state index in [1.807, 2.05) is 6.07 Å². The summed E-state index contributed by atoms with van der Waals surface area (Å²) in [4.78, 5) is 0. The third kappa shape index (κ3) is 2.91. The smallest absolute Gasteiger partial charge is 0.150 e. The molecule has 0 radical (unpaired) electrons. The average Bonchev–Trinajstić information content (AvgIpc) is 2.80. The summed E-state index contributed by atoms with van der Waals surface area (Å²) in [5, 5.41) is 0. The molecule has 1 heterocycles. The van der Waals surface area contributed by atoms with Crippen molar-refractivity contribution in [1.29, 1.82) is 0 Å². The Bertz CT molecular complexity index is 555. The normalized spacial score (nSPS) is 36.9. The molecule has 1 aliphatic carbocycles. The topological polar surface area (TPSA) is 60.2 Å². The van der Waals surface area contributed by atoms with E-state index in [9.17, 15) is 8.42 Å². The first-order valence-electron chi connectivity index (χ1n) is 7.56. The maximum absolute atomic E-state index is 11.7. The molecule has 4 atom stereocenters. The standard InChI is InChI=1S/C16H23NO2S/c17-16-7-6-13(12-4-2-1-3-5-12)10-15(16)14-8-9-20(18,19)11-14/h1-5,13-16H,6-11,17H2. The van der Waals surface area contributed by atoms with Gasteiger partial charge in [0.05, 0.1) is 11.5 Å². The van der Waals surface area contributed by atoms with Crippen molar-refractivity contribution in [1.82, 2.24) is 0 Å². The quantitative estimate of drug-likeness (QED) is 0.910. The lowest BCUT2D eigenvalue weighted by atomic mass is 9.70. The van der Waals surface area contributed by atoms with E-state index < -0.39 is 9.84 Å². The van der Waals surface area contributed by atoms with Crippen LogP contribution in [0.4, 0.5) is 0 Å². The molecule has 1 saturated carbocycles. The molecule has 1 aliphatic heterocycles. The highest BCUT2D eigenvalue weighted by Gasteiger charge is 2.39. The van der Waals surface area contributed by atoms with Crippen LogP contribution >= 0.6 is 0 Å².